The molecule has 22 heteroatoms. The van der Waals surface area contributed by atoms with E-state index in [1.165, 1.54) is 54.5 Å². The molecule has 0 saturated heterocycles. The highest BCUT2D eigenvalue weighted by molar-refractivity contribution is 7.92. The predicted octanol–water partition coefficient (Wildman–Crippen LogP) is 7.22. The van der Waals surface area contributed by atoms with Gasteiger partial charge in [0.05, 0.1) is 44.8 Å². The Hall–Kier alpha value is -6.35. The number of pyridine rings is 1. The molecule has 2 N–H and O–H groups in total. The number of anilines is 1. The Morgan fingerprint density at radius 2 is 1.77 bits per heavy atom. The van der Waals surface area contributed by atoms with Crippen molar-refractivity contribution in [3.8, 4) is 16.8 Å². The summed E-state index contributed by atoms with van der Waals surface area (Å²) < 4.78 is 133. The molecule has 0 unspecified atom stereocenters. The number of carbonyl (C=O) groups is 1. The van der Waals surface area contributed by atoms with Crippen LogP contribution in [0.4, 0.5) is 36.6 Å². The van der Waals surface area contributed by atoms with Gasteiger partial charge in [-0.1, -0.05) is 17.7 Å². The standard InChI is InChI=1S/C40H29ClF7N9O4S/c1-55-34-29(6-5-25(41)32(34)37(53-55)54-62(2,60)61)57-38(51-27-12-18(3-4-21(27)39(57)59)23-15-49-8-7-26(23)44)28(11-17-9-19(42)13-20(43)10-17)50-30(58)16-56-35-31(33(52-56)36(45)46)22-14-24(22)40(35,47)48/h3-10,12-13,15,22,24,28,36H,11,14,16H2,1-2H3,(H,50,58)(H,53,54)/t22-,24+,28-/m0/s1. The second-order valence-electron chi connectivity index (χ2n) is 15.1. The van der Waals surface area contributed by atoms with E-state index in [9.17, 15) is 35.6 Å². The molecule has 3 atom stereocenters. The third kappa shape index (κ3) is 7.01. The summed E-state index contributed by atoms with van der Waals surface area (Å²) in [4.78, 5) is 37.8. The van der Waals surface area contributed by atoms with Crippen molar-refractivity contribution >= 4 is 55.2 Å². The van der Waals surface area contributed by atoms with Crippen LogP contribution in [-0.4, -0.2) is 54.7 Å². The number of hydrogen-bond acceptors (Lipinski definition) is 8. The Balaban J connectivity index is 1.26. The van der Waals surface area contributed by atoms with Crippen molar-refractivity contribution < 1.29 is 43.9 Å². The highest BCUT2D eigenvalue weighted by Crippen LogP contribution is 2.68. The number of nitrogens with zero attached hydrogens (tertiary/aromatic N) is 7. The number of amides is 1. The second-order valence-corrected chi connectivity index (χ2v) is 17.3. The first kappa shape index (κ1) is 41.0. The zero-order valence-corrected chi connectivity index (χ0v) is 33.5. The third-order valence-electron chi connectivity index (χ3n) is 10.9. The molecule has 1 amide bonds. The quantitative estimate of drug-likeness (QED) is 0.129. The molecule has 320 valence electrons. The van der Waals surface area contributed by atoms with Gasteiger partial charge in [-0.15, -0.1) is 0 Å². The normalized spacial score (nSPS) is 17.1. The van der Waals surface area contributed by atoms with Crippen molar-refractivity contribution in [3.63, 3.8) is 0 Å². The van der Waals surface area contributed by atoms with E-state index in [2.05, 4.69) is 25.2 Å². The number of halogens is 8. The van der Waals surface area contributed by atoms with E-state index in [4.69, 9.17) is 16.6 Å². The SMILES string of the molecule is Cn1nc(NS(C)(=O)=O)c2c(Cl)ccc(-n3c([C@H](Cc4cc(F)cc(F)c4)NC(=O)Cn4nc(C(F)F)c5c4C(F)(F)[C@@H]4C[C@H]54)nc4cc(-c5cnccc5F)ccc4c3=O)c21. The largest absolute Gasteiger partial charge is 0.344 e. The summed E-state index contributed by atoms with van der Waals surface area (Å²) in [5, 5.41) is 10.6. The van der Waals surface area contributed by atoms with Crippen LogP contribution in [0, 0.1) is 23.4 Å². The summed E-state index contributed by atoms with van der Waals surface area (Å²) in [5.41, 5.74) is -2.67. The average molecular weight is 900 g/mol. The van der Waals surface area contributed by atoms with Crippen LogP contribution in [0.3, 0.4) is 0 Å². The number of alkyl halides is 4. The van der Waals surface area contributed by atoms with Gasteiger partial charge in [-0.05, 0) is 65.9 Å². The Morgan fingerprint density at radius 3 is 2.47 bits per heavy atom. The van der Waals surface area contributed by atoms with Gasteiger partial charge in [0.2, 0.25) is 15.9 Å². The number of rotatable bonds is 11. The van der Waals surface area contributed by atoms with E-state index < -0.39 is 93.5 Å². The molecular weight excluding hydrogens is 871 g/mol. The van der Waals surface area contributed by atoms with Crippen molar-refractivity contribution in [1.29, 1.82) is 0 Å². The number of hydrogen-bond donors (Lipinski definition) is 2. The van der Waals surface area contributed by atoms with E-state index in [1.54, 1.807) is 0 Å². The number of carbonyl (C=O) groups excluding carboxylic acids is 1. The topological polar surface area (TPSA) is 159 Å². The minimum absolute atomic E-state index is 0.000986. The molecule has 3 aromatic carbocycles. The van der Waals surface area contributed by atoms with Gasteiger partial charge in [0.15, 0.2) is 5.82 Å². The third-order valence-corrected chi connectivity index (χ3v) is 11.8. The van der Waals surface area contributed by atoms with E-state index in [0.29, 0.717) is 10.7 Å². The first-order chi connectivity index (χ1) is 29.3. The maximum atomic E-state index is 15.5. The molecule has 2 aliphatic carbocycles. The summed E-state index contributed by atoms with van der Waals surface area (Å²) >= 11 is 6.60. The number of fused-ring (bicyclic) bond motifs is 5. The van der Waals surface area contributed by atoms with E-state index in [-0.39, 0.29) is 72.8 Å². The first-order valence-electron chi connectivity index (χ1n) is 18.6. The number of aromatic nitrogens is 7. The molecular formula is C40H29ClF7N9O4S. The molecule has 4 aromatic heterocycles. The molecule has 0 spiro atoms. The van der Waals surface area contributed by atoms with Crippen molar-refractivity contribution in [2.75, 3.05) is 11.0 Å². The Kier molecular flexibility index (Phi) is 9.69. The van der Waals surface area contributed by atoms with Crippen LogP contribution in [0.25, 0.3) is 38.6 Å². The molecule has 0 aliphatic heterocycles. The molecule has 4 heterocycles. The lowest BCUT2D eigenvalue weighted by Gasteiger charge is -2.24. The van der Waals surface area contributed by atoms with Gasteiger partial charge in [0.25, 0.3) is 17.9 Å². The fourth-order valence-corrected chi connectivity index (χ4v) is 9.07. The zero-order chi connectivity index (χ0) is 44.2. The summed E-state index contributed by atoms with van der Waals surface area (Å²) in [6.07, 6.45) is -0.409. The summed E-state index contributed by atoms with van der Waals surface area (Å²) in [6.45, 7) is -1.02. The molecule has 0 bridgehead atoms. The number of benzene rings is 3. The van der Waals surface area contributed by atoms with E-state index >= 15 is 13.2 Å². The fraction of sp³-hybridized carbons (Fsp3) is 0.250. The minimum atomic E-state index is -3.94. The van der Waals surface area contributed by atoms with Gasteiger partial charge in [-0.25, -0.2) is 35.4 Å². The smallest absolute Gasteiger partial charge is 0.293 e. The maximum absolute atomic E-state index is 15.5. The van der Waals surface area contributed by atoms with Crippen molar-refractivity contribution in [2.24, 2.45) is 13.0 Å². The second kappa shape index (κ2) is 14.6. The Morgan fingerprint density at radius 1 is 1.03 bits per heavy atom. The number of aryl methyl sites for hydroxylation is 1. The predicted molar refractivity (Wildman–Crippen MR) is 211 cm³/mol. The van der Waals surface area contributed by atoms with Crippen LogP contribution in [0.5, 0.6) is 0 Å². The van der Waals surface area contributed by atoms with Gasteiger partial charge >= 0.3 is 0 Å². The number of sulfonamides is 1. The van der Waals surface area contributed by atoms with Gasteiger partial charge in [0.1, 0.15) is 41.2 Å². The van der Waals surface area contributed by atoms with Gasteiger partial charge in [-0.2, -0.15) is 19.0 Å². The van der Waals surface area contributed by atoms with Crippen LogP contribution in [0.2, 0.25) is 5.02 Å². The molecule has 7 aromatic rings. The molecule has 1 fully saturated rings. The van der Waals surface area contributed by atoms with Crippen LogP contribution in [0.15, 0.2) is 71.8 Å². The van der Waals surface area contributed by atoms with Crippen molar-refractivity contribution in [3.05, 3.63) is 128 Å². The monoisotopic (exact) mass is 899 g/mol. The molecule has 2 aliphatic rings. The van der Waals surface area contributed by atoms with Crippen molar-refractivity contribution in [2.45, 2.75) is 43.7 Å². The zero-order valence-electron chi connectivity index (χ0n) is 32.0. The van der Waals surface area contributed by atoms with Crippen LogP contribution >= 0.6 is 11.6 Å². The minimum Gasteiger partial charge on any atom is -0.344 e. The molecule has 62 heavy (non-hydrogen) atoms. The van der Waals surface area contributed by atoms with Crippen LogP contribution in [0.1, 0.15) is 53.1 Å². The van der Waals surface area contributed by atoms with Crippen LogP contribution in [-0.2, 0) is 40.8 Å². The highest BCUT2D eigenvalue weighted by atomic mass is 35.5. The molecule has 0 radical (unpaired) electrons. The van der Waals surface area contributed by atoms with Crippen molar-refractivity contribution in [1.82, 2.24) is 39.4 Å². The lowest BCUT2D eigenvalue weighted by Crippen LogP contribution is -2.38. The average Bonchev–Trinajstić information content (AvgIpc) is 3.73. The Bertz CT molecular complexity index is 3190. The Labute approximate surface area is 350 Å². The summed E-state index contributed by atoms with van der Waals surface area (Å²) in [5.74, 6) is -9.97. The van der Waals surface area contributed by atoms with Crippen LogP contribution < -0.4 is 15.6 Å². The lowest BCUT2D eigenvalue weighted by molar-refractivity contribution is -0.123. The molecule has 9 rings (SSSR count). The summed E-state index contributed by atoms with van der Waals surface area (Å²) in [6, 6.07) is 8.90. The summed E-state index contributed by atoms with van der Waals surface area (Å²) in [7, 11) is -2.51. The molecule has 1 saturated carbocycles. The maximum Gasteiger partial charge on any atom is 0.293 e. The highest BCUT2D eigenvalue weighted by Gasteiger charge is 2.67. The van der Waals surface area contributed by atoms with E-state index in [0.717, 1.165) is 29.0 Å². The molecule has 13 nitrogen and oxygen atoms in total. The van der Waals surface area contributed by atoms with Gasteiger partial charge in [-0.3, -0.25) is 33.2 Å². The van der Waals surface area contributed by atoms with Gasteiger partial charge in [0, 0.05) is 49.0 Å². The number of nitrogens with one attached hydrogen (secondary N) is 2. The first-order valence-corrected chi connectivity index (χ1v) is 20.9. The van der Waals surface area contributed by atoms with Gasteiger partial charge < -0.3 is 5.32 Å². The fourth-order valence-electron chi connectivity index (χ4n) is 8.34. The van der Waals surface area contributed by atoms with E-state index in [1.807, 2.05) is 0 Å². The lowest BCUT2D eigenvalue weighted by atomic mass is 10.0.